The fourth-order valence-corrected chi connectivity index (χ4v) is 9.10. The molecule has 4 saturated carbocycles. The molecule has 1 aromatic rings. The number of carbonyl (C=O) groups is 1. The van der Waals surface area contributed by atoms with Gasteiger partial charge in [-0.1, -0.05) is 24.1 Å². The number of benzene rings is 1. The Hall–Kier alpha value is -1.18. The summed E-state index contributed by atoms with van der Waals surface area (Å²) in [5.41, 5.74) is -0.258. The van der Waals surface area contributed by atoms with E-state index in [1.165, 1.54) is 41.8 Å². The summed E-state index contributed by atoms with van der Waals surface area (Å²) in [5, 5.41) is 2.92. The minimum Gasteiger partial charge on any atom is -0.354 e. The van der Waals surface area contributed by atoms with Crippen LogP contribution in [0.3, 0.4) is 0 Å². The number of halogens is 2. The fourth-order valence-electron chi connectivity index (χ4n) is 7.09. The predicted molar refractivity (Wildman–Crippen MR) is 117 cm³/mol. The lowest BCUT2D eigenvalue weighted by Gasteiger charge is -2.55. The molecule has 1 atom stereocenters. The lowest BCUT2D eigenvalue weighted by molar-refractivity contribution is -0.146. The van der Waals surface area contributed by atoms with Gasteiger partial charge >= 0.3 is 0 Å². The van der Waals surface area contributed by atoms with Crippen molar-refractivity contribution in [1.29, 1.82) is 0 Å². The quantitative estimate of drug-likeness (QED) is 0.698. The molecule has 4 aliphatic carbocycles. The summed E-state index contributed by atoms with van der Waals surface area (Å²) in [5.74, 6) is 1.22. The van der Waals surface area contributed by atoms with Crippen molar-refractivity contribution in [1.82, 2.24) is 9.62 Å². The summed E-state index contributed by atoms with van der Waals surface area (Å²) in [7, 11) is -4.03. The normalized spacial score (nSPS) is 35.3. The molecular formula is C23H30ClFN2O3S. The van der Waals surface area contributed by atoms with E-state index in [4.69, 9.17) is 11.6 Å². The Labute approximate surface area is 188 Å². The standard InChI is InChI=1S/C23H30ClFN2O3S/c24-19-5-3-6-20(21(19)25)31(29,30)27-7-2-1-4-18(27)14-26-22(28)23-11-15-8-16(12-23)10-17(9-15)13-23/h3,5-6,15-18H,1-2,4,7-14H2,(H,26,28)/t15-,16+,17?,18?,23?. The third-order valence-electron chi connectivity index (χ3n) is 8.09. The first kappa shape index (κ1) is 21.7. The molecule has 1 heterocycles. The number of hydrogen-bond acceptors (Lipinski definition) is 3. The molecule has 31 heavy (non-hydrogen) atoms. The van der Waals surface area contributed by atoms with E-state index >= 15 is 0 Å². The van der Waals surface area contributed by atoms with Crippen molar-refractivity contribution in [2.45, 2.75) is 68.7 Å². The maximum atomic E-state index is 14.5. The highest BCUT2D eigenvalue weighted by Gasteiger charge is 2.54. The van der Waals surface area contributed by atoms with Gasteiger partial charge in [-0.05, 0) is 81.3 Å². The molecule has 170 valence electrons. The first-order valence-electron chi connectivity index (χ1n) is 11.5. The van der Waals surface area contributed by atoms with Gasteiger partial charge < -0.3 is 5.32 Å². The van der Waals surface area contributed by atoms with Crippen molar-refractivity contribution in [3.8, 4) is 0 Å². The van der Waals surface area contributed by atoms with Crippen LogP contribution in [-0.2, 0) is 14.8 Å². The molecule has 6 rings (SSSR count). The highest BCUT2D eigenvalue weighted by molar-refractivity contribution is 7.89. The average molecular weight is 469 g/mol. The van der Waals surface area contributed by atoms with E-state index in [9.17, 15) is 17.6 Å². The van der Waals surface area contributed by atoms with Crippen LogP contribution in [0.15, 0.2) is 23.1 Å². The first-order chi connectivity index (χ1) is 14.8. The molecule has 5 nitrogen and oxygen atoms in total. The molecule has 0 aromatic heterocycles. The van der Waals surface area contributed by atoms with Crippen LogP contribution >= 0.6 is 11.6 Å². The summed E-state index contributed by atoms with van der Waals surface area (Å²) in [6.45, 7) is 0.605. The number of nitrogens with one attached hydrogen (secondary N) is 1. The van der Waals surface area contributed by atoms with Gasteiger partial charge in [0.05, 0.1) is 5.02 Å². The number of amides is 1. The average Bonchev–Trinajstić information content (AvgIpc) is 2.73. The highest BCUT2D eigenvalue weighted by Crippen LogP contribution is 2.60. The van der Waals surface area contributed by atoms with Gasteiger partial charge in [0.1, 0.15) is 4.90 Å². The van der Waals surface area contributed by atoms with E-state index in [-0.39, 0.29) is 33.8 Å². The SMILES string of the molecule is O=C(NCC1CCCCN1S(=O)(=O)c1cccc(Cl)c1F)C12CC3C[C@H](C1)C[C@@H](C3)C2. The van der Waals surface area contributed by atoms with E-state index in [0.29, 0.717) is 30.7 Å². The number of nitrogens with zero attached hydrogens (tertiary/aromatic N) is 1. The molecule has 0 spiro atoms. The minimum atomic E-state index is -4.03. The lowest BCUT2D eigenvalue weighted by Crippen LogP contribution is -2.56. The van der Waals surface area contributed by atoms with Crippen LogP contribution in [0.25, 0.3) is 0 Å². The Kier molecular flexibility index (Phi) is 5.58. The third kappa shape index (κ3) is 3.80. The van der Waals surface area contributed by atoms with Gasteiger partial charge in [0.15, 0.2) is 5.82 Å². The molecule has 8 heteroatoms. The molecule has 5 fully saturated rings. The Morgan fingerprint density at radius 1 is 1.13 bits per heavy atom. The Morgan fingerprint density at radius 3 is 2.42 bits per heavy atom. The molecule has 1 aliphatic heterocycles. The van der Waals surface area contributed by atoms with E-state index in [0.717, 1.165) is 32.1 Å². The van der Waals surface area contributed by atoms with Crippen LogP contribution in [-0.4, -0.2) is 37.8 Å². The van der Waals surface area contributed by atoms with E-state index < -0.39 is 15.8 Å². The van der Waals surface area contributed by atoms with Crippen molar-refractivity contribution < 1.29 is 17.6 Å². The monoisotopic (exact) mass is 468 g/mol. The van der Waals surface area contributed by atoms with Gasteiger partial charge in [-0.3, -0.25) is 4.79 Å². The highest BCUT2D eigenvalue weighted by atomic mass is 35.5. The summed E-state index contributed by atoms with van der Waals surface area (Å²) in [6, 6.07) is 3.69. The zero-order valence-corrected chi connectivity index (χ0v) is 19.2. The molecule has 0 radical (unpaired) electrons. The van der Waals surface area contributed by atoms with Crippen molar-refractivity contribution >= 4 is 27.5 Å². The van der Waals surface area contributed by atoms with Gasteiger partial charge in [0.2, 0.25) is 15.9 Å². The summed E-state index contributed by atoms with van der Waals surface area (Å²) >= 11 is 5.83. The first-order valence-corrected chi connectivity index (χ1v) is 13.3. The second-order valence-corrected chi connectivity index (χ2v) is 12.5. The van der Waals surface area contributed by atoms with Crippen LogP contribution in [0.5, 0.6) is 0 Å². The zero-order valence-electron chi connectivity index (χ0n) is 17.7. The molecule has 1 aromatic carbocycles. The molecule has 1 amide bonds. The third-order valence-corrected chi connectivity index (χ3v) is 10.4. The maximum Gasteiger partial charge on any atom is 0.246 e. The van der Waals surface area contributed by atoms with Crippen LogP contribution in [0.4, 0.5) is 4.39 Å². The largest absolute Gasteiger partial charge is 0.354 e. The second-order valence-electron chi connectivity index (χ2n) is 10.2. The van der Waals surface area contributed by atoms with Gasteiger partial charge in [0.25, 0.3) is 0 Å². The number of rotatable bonds is 5. The minimum absolute atomic E-state index is 0.100. The van der Waals surface area contributed by atoms with E-state index in [1.807, 2.05) is 0 Å². The predicted octanol–water partition coefficient (Wildman–Crippen LogP) is 4.35. The lowest BCUT2D eigenvalue weighted by atomic mass is 9.49. The summed E-state index contributed by atoms with van der Waals surface area (Å²) in [4.78, 5) is 12.9. The molecule has 1 unspecified atom stereocenters. The molecule has 1 saturated heterocycles. The molecule has 1 N–H and O–H groups in total. The van der Waals surface area contributed by atoms with Crippen LogP contribution < -0.4 is 5.32 Å². The van der Waals surface area contributed by atoms with Crippen molar-refractivity contribution in [3.63, 3.8) is 0 Å². The van der Waals surface area contributed by atoms with E-state index in [1.54, 1.807) is 0 Å². The van der Waals surface area contributed by atoms with Gasteiger partial charge in [0, 0.05) is 24.5 Å². The second kappa shape index (κ2) is 7.99. The number of hydrogen-bond donors (Lipinski definition) is 1. The maximum absolute atomic E-state index is 14.5. The van der Waals surface area contributed by atoms with Crippen molar-refractivity contribution in [2.24, 2.45) is 23.2 Å². The van der Waals surface area contributed by atoms with Gasteiger partial charge in [-0.15, -0.1) is 0 Å². The fraction of sp³-hybridized carbons (Fsp3) is 0.696. The van der Waals surface area contributed by atoms with E-state index in [2.05, 4.69) is 5.32 Å². The Balaban J connectivity index is 1.31. The van der Waals surface area contributed by atoms with Gasteiger partial charge in [-0.25, -0.2) is 12.8 Å². The Morgan fingerprint density at radius 2 is 1.77 bits per heavy atom. The van der Waals surface area contributed by atoms with Crippen LogP contribution in [0.2, 0.25) is 5.02 Å². The smallest absolute Gasteiger partial charge is 0.246 e. The van der Waals surface area contributed by atoms with Crippen LogP contribution in [0, 0.1) is 29.0 Å². The zero-order chi connectivity index (χ0) is 21.8. The Bertz CT molecular complexity index is 948. The van der Waals surface area contributed by atoms with Crippen molar-refractivity contribution in [3.05, 3.63) is 29.0 Å². The summed E-state index contributed by atoms with van der Waals surface area (Å²) in [6.07, 6.45) is 9.01. The van der Waals surface area contributed by atoms with Gasteiger partial charge in [-0.2, -0.15) is 4.31 Å². The molecule has 4 bridgehead atoms. The van der Waals surface area contributed by atoms with Crippen molar-refractivity contribution in [2.75, 3.05) is 13.1 Å². The van der Waals surface area contributed by atoms with Crippen LogP contribution in [0.1, 0.15) is 57.8 Å². The number of carbonyl (C=O) groups excluding carboxylic acids is 1. The number of sulfonamides is 1. The number of piperidine rings is 1. The summed E-state index contributed by atoms with van der Waals surface area (Å²) < 4.78 is 42.4. The molecule has 5 aliphatic rings. The topological polar surface area (TPSA) is 66.5 Å². The molecular weight excluding hydrogens is 439 g/mol.